The number of hydrogen-bond donors (Lipinski definition) is 2. The molecule has 2 N–H and O–H groups in total. The number of halogens is 1. The van der Waals surface area contributed by atoms with Crippen molar-refractivity contribution in [3.05, 3.63) is 35.9 Å². The second-order valence-corrected chi connectivity index (χ2v) is 6.97. The lowest BCUT2D eigenvalue weighted by Crippen LogP contribution is -2.39. The number of aliphatic imine (C=N–C) groups is 1. The van der Waals surface area contributed by atoms with Crippen LogP contribution in [0.2, 0.25) is 0 Å². The summed E-state index contributed by atoms with van der Waals surface area (Å²) in [6.45, 7) is 5.84. The Hall–Kier alpha value is -0.870. The molecule has 0 aliphatic rings. The molecule has 1 rings (SSSR count). The summed E-state index contributed by atoms with van der Waals surface area (Å²) in [5.41, 5.74) is 1.20. The Morgan fingerprint density at radius 1 is 1.22 bits per heavy atom. The molecule has 0 aromatic heterocycles. The van der Waals surface area contributed by atoms with Crippen LogP contribution in [0.15, 0.2) is 35.3 Å². The maximum atomic E-state index is 11.4. The zero-order chi connectivity index (χ0) is 16.4. The summed E-state index contributed by atoms with van der Waals surface area (Å²) in [5.74, 6) is 0.854. The van der Waals surface area contributed by atoms with E-state index in [1.807, 2.05) is 37.1 Å². The highest BCUT2D eigenvalue weighted by Gasteiger charge is 2.07. The molecule has 0 bridgehead atoms. The molecule has 0 aliphatic heterocycles. The van der Waals surface area contributed by atoms with Crippen molar-refractivity contribution in [2.75, 3.05) is 32.4 Å². The molecule has 23 heavy (non-hydrogen) atoms. The van der Waals surface area contributed by atoms with Gasteiger partial charge in [0.15, 0.2) is 5.96 Å². The van der Waals surface area contributed by atoms with Crippen LogP contribution in [-0.4, -0.2) is 51.7 Å². The summed E-state index contributed by atoms with van der Waals surface area (Å²) in [6, 6.07) is 10.1. The van der Waals surface area contributed by atoms with Gasteiger partial charge in [0.2, 0.25) is 10.0 Å². The third-order valence-electron chi connectivity index (χ3n) is 3.03. The van der Waals surface area contributed by atoms with Gasteiger partial charge in [0.25, 0.3) is 0 Å². The average Bonchev–Trinajstić information content (AvgIpc) is 2.51. The zero-order valence-electron chi connectivity index (χ0n) is 13.9. The van der Waals surface area contributed by atoms with Crippen molar-refractivity contribution in [3.8, 4) is 0 Å². The third-order valence-corrected chi connectivity index (χ3v) is 4.44. The Balaban J connectivity index is 0.00000484. The fourth-order valence-corrected chi connectivity index (χ4v) is 2.47. The fourth-order valence-electron chi connectivity index (χ4n) is 1.87. The SMILES string of the molecule is CCNC(=NCCNS(=O)(=O)CC)N(C)Cc1ccccc1.I. The highest BCUT2D eigenvalue weighted by Crippen LogP contribution is 2.02. The van der Waals surface area contributed by atoms with E-state index in [1.165, 1.54) is 5.56 Å². The molecule has 0 fully saturated rings. The lowest BCUT2D eigenvalue weighted by Gasteiger charge is -2.22. The lowest BCUT2D eigenvalue weighted by molar-refractivity contribution is 0.477. The van der Waals surface area contributed by atoms with Crippen molar-refractivity contribution in [2.45, 2.75) is 20.4 Å². The minimum Gasteiger partial charge on any atom is -0.357 e. The highest BCUT2D eigenvalue weighted by atomic mass is 127. The van der Waals surface area contributed by atoms with Crippen molar-refractivity contribution < 1.29 is 8.42 Å². The van der Waals surface area contributed by atoms with E-state index in [-0.39, 0.29) is 29.7 Å². The fraction of sp³-hybridized carbons (Fsp3) is 0.533. The van der Waals surface area contributed by atoms with Gasteiger partial charge in [-0.3, -0.25) is 4.99 Å². The largest absolute Gasteiger partial charge is 0.357 e. The normalized spacial score (nSPS) is 11.7. The molecule has 0 spiro atoms. The van der Waals surface area contributed by atoms with E-state index in [0.717, 1.165) is 19.0 Å². The Labute approximate surface area is 156 Å². The van der Waals surface area contributed by atoms with E-state index in [9.17, 15) is 8.42 Å². The molecule has 132 valence electrons. The van der Waals surface area contributed by atoms with Crippen LogP contribution in [0.25, 0.3) is 0 Å². The molecule has 6 nitrogen and oxygen atoms in total. The predicted octanol–water partition coefficient (Wildman–Crippen LogP) is 1.64. The lowest BCUT2D eigenvalue weighted by atomic mass is 10.2. The van der Waals surface area contributed by atoms with E-state index in [1.54, 1.807) is 6.92 Å². The average molecular weight is 454 g/mol. The van der Waals surface area contributed by atoms with Crippen molar-refractivity contribution in [1.29, 1.82) is 0 Å². The second-order valence-electron chi connectivity index (χ2n) is 4.88. The molecule has 1 aromatic rings. The van der Waals surface area contributed by atoms with Crippen molar-refractivity contribution in [2.24, 2.45) is 4.99 Å². The molecule has 0 aliphatic carbocycles. The van der Waals surface area contributed by atoms with Crippen LogP contribution in [0, 0.1) is 0 Å². The molecular formula is C15H27IN4O2S. The van der Waals surface area contributed by atoms with Crippen LogP contribution in [0.4, 0.5) is 0 Å². The summed E-state index contributed by atoms with van der Waals surface area (Å²) in [7, 11) is -1.19. The first-order chi connectivity index (χ1) is 10.5. The van der Waals surface area contributed by atoms with Gasteiger partial charge < -0.3 is 10.2 Å². The van der Waals surface area contributed by atoms with Gasteiger partial charge in [-0.1, -0.05) is 30.3 Å². The van der Waals surface area contributed by atoms with Gasteiger partial charge >= 0.3 is 0 Å². The Kier molecular flexibility index (Phi) is 11.2. The van der Waals surface area contributed by atoms with E-state index in [2.05, 4.69) is 27.2 Å². The first-order valence-electron chi connectivity index (χ1n) is 7.49. The number of nitrogens with zero attached hydrogens (tertiary/aromatic N) is 2. The van der Waals surface area contributed by atoms with Gasteiger partial charge in [0, 0.05) is 26.7 Å². The number of guanidine groups is 1. The van der Waals surface area contributed by atoms with Gasteiger partial charge in [-0.2, -0.15) is 0 Å². The summed E-state index contributed by atoms with van der Waals surface area (Å²) in [6.07, 6.45) is 0. The summed E-state index contributed by atoms with van der Waals surface area (Å²) >= 11 is 0. The van der Waals surface area contributed by atoms with E-state index in [0.29, 0.717) is 13.1 Å². The molecule has 0 amide bonds. The maximum absolute atomic E-state index is 11.4. The molecule has 0 radical (unpaired) electrons. The van der Waals surface area contributed by atoms with E-state index in [4.69, 9.17) is 0 Å². The third kappa shape index (κ3) is 9.11. The number of benzene rings is 1. The highest BCUT2D eigenvalue weighted by molar-refractivity contribution is 14.0. The van der Waals surface area contributed by atoms with Gasteiger partial charge in [0.1, 0.15) is 0 Å². The quantitative estimate of drug-likeness (QED) is 0.271. The first kappa shape index (κ1) is 22.1. The Morgan fingerprint density at radius 2 is 1.87 bits per heavy atom. The number of hydrogen-bond acceptors (Lipinski definition) is 3. The summed E-state index contributed by atoms with van der Waals surface area (Å²) in [4.78, 5) is 6.47. The Bertz CT molecular complexity index is 564. The van der Waals surface area contributed by atoms with Crippen LogP contribution < -0.4 is 10.0 Å². The first-order valence-corrected chi connectivity index (χ1v) is 9.14. The van der Waals surface area contributed by atoms with E-state index < -0.39 is 10.0 Å². The predicted molar refractivity (Wildman–Crippen MR) is 107 cm³/mol. The van der Waals surface area contributed by atoms with Crippen LogP contribution in [0.1, 0.15) is 19.4 Å². The molecular weight excluding hydrogens is 427 g/mol. The molecule has 0 heterocycles. The molecule has 8 heteroatoms. The molecule has 1 aromatic carbocycles. The van der Waals surface area contributed by atoms with Gasteiger partial charge in [0.05, 0.1) is 12.3 Å². The van der Waals surface area contributed by atoms with Crippen LogP contribution in [-0.2, 0) is 16.6 Å². The number of sulfonamides is 1. The molecule has 0 unspecified atom stereocenters. The topological polar surface area (TPSA) is 73.8 Å². The van der Waals surface area contributed by atoms with Gasteiger partial charge in [-0.05, 0) is 19.4 Å². The van der Waals surface area contributed by atoms with Crippen LogP contribution in [0.3, 0.4) is 0 Å². The van der Waals surface area contributed by atoms with E-state index >= 15 is 0 Å². The standard InChI is InChI=1S/C15H26N4O2S.HI/c1-4-16-15(17-11-12-18-22(20,21)5-2)19(3)13-14-9-7-6-8-10-14;/h6-10,18H,4-5,11-13H2,1-3H3,(H,16,17);1H. The zero-order valence-corrected chi connectivity index (χ0v) is 17.1. The second kappa shape index (κ2) is 11.6. The number of rotatable bonds is 8. The van der Waals surface area contributed by atoms with Crippen LogP contribution >= 0.6 is 24.0 Å². The number of nitrogens with one attached hydrogen (secondary N) is 2. The smallest absolute Gasteiger partial charge is 0.211 e. The summed E-state index contributed by atoms with van der Waals surface area (Å²) in [5, 5.41) is 3.21. The van der Waals surface area contributed by atoms with Crippen LogP contribution in [0.5, 0.6) is 0 Å². The summed E-state index contributed by atoms with van der Waals surface area (Å²) < 4.78 is 25.2. The molecule has 0 saturated heterocycles. The maximum Gasteiger partial charge on any atom is 0.211 e. The van der Waals surface area contributed by atoms with Gasteiger partial charge in [-0.25, -0.2) is 13.1 Å². The minimum atomic E-state index is -3.15. The molecule has 0 atom stereocenters. The minimum absolute atomic E-state index is 0. The van der Waals surface area contributed by atoms with Crippen molar-refractivity contribution in [3.63, 3.8) is 0 Å². The van der Waals surface area contributed by atoms with Gasteiger partial charge in [-0.15, -0.1) is 24.0 Å². The monoisotopic (exact) mass is 454 g/mol. The van der Waals surface area contributed by atoms with Crippen molar-refractivity contribution >= 4 is 40.0 Å². The Morgan fingerprint density at radius 3 is 2.43 bits per heavy atom. The van der Waals surface area contributed by atoms with Crippen molar-refractivity contribution in [1.82, 2.24) is 14.9 Å². The molecule has 0 saturated carbocycles.